The highest BCUT2D eigenvalue weighted by molar-refractivity contribution is 8.23. The number of hydrogen-bond acceptors (Lipinski definition) is 10. The topological polar surface area (TPSA) is 225 Å². The summed E-state index contributed by atoms with van der Waals surface area (Å²) in [5.41, 5.74) is 10.7. The lowest BCUT2D eigenvalue weighted by molar-refractivity contribution is -0.139. The molecular formula is C13H22N4O8S2. The van der Waals surface area contributed by atoms with Crippen molar-refractivity contribution in [3.8, 4) is 0 Å². The first kappa shape index (κ1) is 25.2. The minimum atomic E-state index is -1.81. The average molecular weight is 426 g/mol. The Kier molecular flexibility index (Phi) is 11.7. The highest BCUT2D eigenvalue weighted by atomic mass is 32.2. The van der Waals surface area contributed by atoms with Crippen molar-refractivity contribution in [1.82, 2.24) is 10.6 Å². The van der Waals surface area contributed by atoms with E-state index in [1.165, 1.54) is 0 Å². The molecule has 3 atom stereocenters. The van der Waals surface area contributed by atoms with E-state index < -0.39 is 54.7 Å². The molecule has 0 saturated carbocycles. The number of carbonyl (C=O) groups excluding carboxylic acids is 2. The van der Waals surface area contributed by atoms with E-state index in [4.69, 9.17) is 44.1 Å². The Morgan fingerprint density at radius 2 is 1.70 bits per heavy atom. The summed E-state index contributed by atoms with van der Waals surface area (Å²) in [7, 11) is 0. The largest absolute Gasteiger partial charge is 0.480 e. The number of thioether (sulfide) groups is 1. The zero-order chi connectivity index (χ0) is 21.1. The molecule has 10 N–H and O–H groups in total. The van der Waals surface area contributed by atoms with E-state index >= 15 is 0 Å². The molecule has 0 aromatic carbocycles. The Labute approximate surface area is 163 Å². The van der Waals surface area contributed by atoms with Gasteiger partial charge in [0.2, 0.25) is 11.8 Å². The van der Waals surface area contributed by atoms with E-state index in [0.29, 0.717) is 0 Å². The van der Waals surface area contributed by atoms with Crippen LogP contribution in [0, 0.1) is 0 Å². The monoisotopic (exact) mass is 426 g/mol. The summed E-state index contributed by atoms with van der Waals surface area (Å²) in [5, 5.41) is 39.5. The third kappa shape index (κ3) is 10.8. The van der Waals surface area contributed by atoms with Gasteiger partial charge in [-0.25, -0.2) is 0 Å². The molecule has 0 fully saturated rings. The van der Waals surface area contributed by atoms with Gasteiger partial charge in [-0.2, -0.15) is 0 Å². The number of carboxylic acid groups (broad SMARTS) is 2. The van der Waals surface area contributed by atoms with E-state index in [-0.39, 0.29) is 22.8 Å². The zero-order valence-electron chi connectivity index (χ0n) is 14.0. The summed E-state index contributed by atoms with van der Waals surface area (Å²) >= 11 is 5.83. The fourth-order valence-corrected chi connectivity index (χ4v) is 2.72. The van der Waals surface area contributed by atoms with Gasteiger partial charge in [0.1, 0.15) is 18.6 Å². The molecule has 0 aliphatic carbocycles. The molecule has 2 amide bonds. The van der Waals surface area contributed by atoms with Crippen LogP contribution in [-0.2, 0) is 19.2 Å². The minimum absolute atomic E-state index is 0.0844. The van der Waals surface area contributed by atoms with Crippen molar-refractivity contribution in [3.63, 3.8) is 0 Å². The van der Waals surface area contributed by atoms with E-state index in [1.807, 2.05) is 0 Å². The first-order valence-electron chi connectivity index (χ1n) is 7.51. The molecule has 0 rings (SSSR count). The maximum absolute atomic E-state index is 12.1. The van der Waals surface area contributed by atoms with Gasteiger partial charge >= 0.3 is 11.9 Å². The summed E-state index contributed by atoms with van der Waals surface area (Å²) < 4.78 is -0.0927. The van der Waals surface area contributed by atoms with Crippen molar-refractivity contribution in [2.75, 3.05) is 12.3 Å². The van der Waals surface area contributed by atoms with Crippen LogP contribution < -0.4 is 22.1 Å². The van der Waals surface area contributed by atoms with Crippen LogP contribution in [-0.4, -0.2) is 85.1 Å². The normalized spacial score (nSPS) is 14.1. The first-order chi connectivity index (χ1) is 12.5. The van der Waals surface area contributed by atoms with E-state index in [9.17, 15) is 19.2 Å². The number of amides is 2. The van der Waals surface area contributed by atoms with Gasteiger partial charge in [-0.1, -0.05) is 12.2 Å². The van der Waals surface area contributed by atoms with Gasteiger partial charge < -0.3 is 42.5 Å². The molecule has 0 aliphatic rings. The second kappa shape index (κ2) is 12.5. The van der Waals surface area contributed by atoms with Crippen molar-refractivity contribution < 1.29 is 39.6 Å². The number of hydrogen-bond donors (Lipinski definition) is 8. The van der Waals surface area contributed by atoms with Crippen LogP contribution in [0.1, 0.15) is 12.8 Å². The zero-order valence-corrected chi connectivity index (χ0v) is 15.7. The van der Waals surface area contributed by atoms with Crippen LogP contribution in [0.4, 0.5) is 0 Å². The summed E-state index contributed by atoms with van der Waals surface area (Å²) in [6.45, 7) is -0.711. The fraction of sp³-hybridized carbons (Fsp3) is 0.615. The smallest absolute Gasteiger partial charge is 0.322 e. The molecule has 0 saturated heterocycles. The SMILES string of the molecule is N[C@@H](CCC(=O)N[C@H](C(=O)NCC(=O)O)C(=S)SC[C@H](N)C(O)O)C(=O)O. The van der Waals surface area contributed by atoms with E-state index in [1.54, 1.807) is 0 Å². The van der Waals surface area contributed by atoms with Crippen molar-refractivity contribution in [2.24, 2.45) is 11.5 Å². The number of thiocarbonyl (C=S) groups is 1. The number of aliphatic hydroxyl groups excluding tert-OH is 1. The third-order valence-electron chi connectivity index (χ3n) is 3.02. The number of carbonyl (C=O) groups is 4. The molecular weight excluding hydrogens is 404 g/mol. The quantitative estimate of drug-likeness (QED) is 0.113. The molecule has 0 spiro atoms. The maximum Gasteiger partial charge on any atom is 0.322 e. The van der Waals surface area contributed by atoms with Crippen LogP contribution >= 0.6 is 24.0 Å². The van der Waals surface area contributed by atoms with Gasteiger partial charge in [0.15, 0.2) is 6.29 Å². The van der Waals surface area contributed by atoms with E-state index in [2.05, 4.69) is 10.6 Å². The molecule has 0 aromatic rings. The predicted molar refractivity (Wildman–Crippen MR) is 98.7 cm³/mol. The number of aliphatic hydroxyl groups is 2. The Balaban J connectivity index is 4.93. The van der Waals surface area contributed by atoms with Crippen molar-refractivity contribution in [2.45, 2.75) is 37.3 Å². The molecule has 0 heterocycles. The lowest BCUT2D eigenvalue weighted by atomic mass is 10.1. The number of rotatable bonds is 12. The summed E-state index contributed by atoms with van der Waals surface area (Å²) in [5.74, 6) is -4.31. The van der Waals surface area contributed by atoms with Gasteiger partial charge in [-0.15, -0.1) is 11.8 Å². The summed E-state index contributed by atoms with van der Waals surface area (Å²) in [6.07, 6.45) is -2.31. The van der Waals surface area contributed by atoms with E-state index in [0.717, 1.165) is 11.8 Å². The number of nitrogens with one attached hydrogen (secondary N) is 2. The van der Waals surface area contributed by atoms with Gasteiger partial charge in [0.25, 0.3) is 0 Å². The van der Waals surface area contributed by atoms with Crippen LogP contribution in [0.25, 0.3) is 0 Å². The van der Waals surface area contributed by atoms with Gasteiger partial charge in [-0.3, -0.25) is 19.2 Å². The fourth-order valence-electron chi connectivity index (χ4n) is 1.49. The highest BCUT2D eigenvalue weighted by Crippen LogP contribution is 2.12. The van der Waals surface area contributed by atoms with Gasteiger partial charge in [-0.05, 0) is 6.42 Å². The average Bonchev–Trinajstić information content (AvgIpc) is 2.59. The van der Waals surface area contributed by atoms with Gasteiger partial charge in [0.05, 0.1) is 10.2 Å². The van der Waals surface area contributed by atoms with Gasteiger partial charge in [0, 0.05) is 12.2 Å². The number of carboxylic acids is 2. The Morgan fingerprint density at radius 1 is 1.11 bits per heavy atom. The standard InChI is InChI=1S/C13H22N4O8S2/c14-5(11(22)23)1-2-7(18)17-9(10(21)16-3-8(19)20)13(26)27-4-6(15)12(24)25/h5-6,9,12,24-25H,1-4,14-15H2,(H,16,21)(H,17,18)(H,19,20)(H,22,23)/t5-,6-,9+/m0/s1. The summed E-state index contributed by atoms with van der Waals surface area (Å²) in [4.78, 5) is 45.3. The molecule has 0 unspecified atom stereocenters. The molecule has 154 valence electrons. The second-order valence-corrected chi connectivity index (χ2v) is 7.06. The lowest BCUT2D eigenvalue weighted by Gasteiger charge is -2.20. The Morgan fingerprint density at radius 3 is 2.19 bits per heavy atom. The van der Waals surface area contributed by atoms with Crippen LogP contribution in [0.5, 0.6) is 0 Å². The molecule has 27 heavy (non-hydrogen) atoms. The molecule has 0 bridgehead atoms. The third-order valence-corrected chi connectivity index (χ3v) is 4.68. The molecule has 0 radical (unpaired) electrons. The first-order valence-corrected chi connectivity index (χ1v) is 8.90. The Hall–Kier alpha value is -1.84. The lowest BCUT2D eigenvalue weighted by Crippen LogP contribution is -2.51. The molecule has 0 aromatic heterocycles. The molecule has 14 heteroatoms. The molecule has 0 aliphatic heterocycles. The predicted octanol–water partition coefficient (Wildman–Crippen LogP) is -3.44. The van der Waals surface area contributed by atoms with Crippen molar-refractivity contribution in [3.05, 3.63) is 0 Å². The Bertz CT molecular complexity index is 575. The number of nitrogens with two attached hydrogens (primary N) is 2. The van der Waals surface area contributed by atoms with Crippen LogP contribution in [0.15, 0.2) is 0 Å². The molecule has 12 nitrogen and oxygen atoms in total. The second-order valence-electron chi connectivity index (χ2n) is 5.30. The minimum Gasteiger partial charge on any atom is -0.480 e. The van der Waals surface area contributed by atoms with Crippen LogP contribution in [0.2, 0.25) is 0 Å². The summed E-state index contributed by atoms with van der Waals surface area (Å²) in [6, 6.07) is -3.75. The van der Waals surface area contributed by atoms with Crippen LogP contribution in [0.3, 0.4) is 0 Å². The number of aliphatic carboxylic acids is 2. The maximum atomic E-state index is 12.1. The highest BCUT2D eigenvalue weighted by Gasteiger charge is 2.27. The van der Waals surface area contributed by atoms with Crippen molar-refractivity contribution >= 4 is 51.9 Å². The van der Waals surface area contributed by atoms with Crippen molar-refractivity contribution in [1.29, 1.82) is 0 Å².